The average Bonchev–Trinajstić information content (AvgIpc) is 3.73. The molecule has 3 heterocycles. The third kappa shape index (κ3) is 4.31. The number of amides is 1. The lowest BCUT2D eigenvalue weighted by molar-refractivity contribution is 0.0964. The summed E-state index contributed by atoms with van der Waals surface area (Å²) in [5, 5.41) is 6.16. The summed E-state index contributed by atoms with van der Waals surface area (Å²) >= 11 is 0. The molecule has 1 saturated carbocycles. The van der Waals surface area contributed by atoms with Crippen molar-refractivity contribution in [1.82, 2.24) is 25.3 Å². The van der Waals surface area contributed by atoms with Crippen LogP contribution in [0.1, 0.15) is 53.2 Å². The molecule has 0 saturated heterocycles. The van der Waals surface area contributed by atoms with Crippen molar-refractivity contribution in [2.45, 2.75) is 31.6 Å². The fraction of sp³-hybridized carbons (Fsp3) is 0.269. The fourth-order valence-corrected chi connectivity index (χ4v) is 4.16. The van der Waals surface area contributed by atoms with E-state index in [9.17, 15) is 9.18 Å². The Hall–Kier alpha value is -3.94. The molecule has 34 heavy (non-hydrogen) atoms. The third-order valence-corrected chi connectivity index (χ3v) is 6.20. The van der Waals surface area contributed by atoms with E-state index in [0.717, 1.165) is 22.5 Å². The largest absolute Gasteiger partial charge is 0.369 e. The summed E-state index contributed by atoms with van der Waals surface area (Å²) in [4.78, 5) is 29.9. The van der Waals surface area contributed by atoms with Crippen LogP contribution in [0, 0.1) is 5.82 Å². The maximum absolute atomic E-state index is 14.7. The first-order valence-electron chi connectivity index (χ1n) is 11.4. The van der Waals surface area contributed by atoms with Crippen molar-refractivity contribution in [2.75, 3.05) is 18.9 Å². The number of rotatable bonds is 7. The number of benzene rings is 1. The number of pyridine rings is 2. The Morgan fingerprint density at radius 1 is 1.09 bits per heavy atom. The monoisotopic (exact) mass is 456 g/mol. The van der Waals surface area contributed by atoms with Gasteiger partial charge >= 0.3 is 0 Å². The van der Waals surface area contributed by atoms with Crippen LogP contribution in [0.4, 0.5) is 10.2 Å². The number of aromatic nitrogens is 4. The van der Waals surface area contributed by atoms with E-state index < -0.39 is 5.82 Å². The number of hydrogen-bond donors (Lipinski definition) is 2. The Kier molecular flexibility index (Phi) is 5.88. The Morgan fingerprint density at radius 3 is 2.71 bits per heavy atom. The van der Waals surface area contributed by atoms with E-state index >= 15 is 0 Å². The molecule has 4 aromatic rings. The van der Waals surface area contributed by atoms with Crippen molar-refractivity contribution in [2.24, 2.45) is 0 Å². The van der Waals surface area contributed by atoms with Crippen LogP contribution in [0.3, 0.4) is 0 Å². The minimum atomic E-state index is -0.464. The molecule has 1 fully saturated rings. The highest BCUT2D eigenvalue weighted by atomic mass is 19.1. The summed E-state index contributed by atoms with van der Waals surface area (Å²) in [6.07, 6.45) is 7.31. The Morgan fingerprint density at radius 2 is 1.91 bits per heavy atom. The van der Waals surface area contributed by atoms with Crippen molar-refractivity contribution in [1.29, 1.82) is 0 Å². The number of carbonyl (C=O) groups excluding carboxylic acids is 1. The van der Waals surface area contributed by atoms with Gasteiger partial charge in [-0.1, -0.05) is 13.0 Å². The number of hydrogen-bond acceptors (Lipinski definition) is 6. The lowest BCUT2D eigenvalue weighted by Crippen LogP contribution is -2.19. The molecule has 0 spiro atoms. The van der Waals surface area contributed by atoms with Crippen LogP contribution in [-0.2, 0) is 0 Å². The topological polar surface area (TPSA) is 92.7 Å². The highest BCUT2D eigenvalue weighted by Crippen LogP contribution is 2.39. The van der Waals surface area contributed by atoms with Gasteiger partial charge in [-0.3, -0.25) is 14.8 Å². The predicted molar refractivity (Wildman–Crippen MR) is 129 cm³/mol. The Labute approximate surface area is 196 Å². The van der Waals surface area contributed by atoms with Gasteiger partial charge in [-0.15, -0.1) is 0 Å². The highest BCUT2D eigenvalue weighted by Gasteiger charge is 2.25. The van der Waals surface area contributed by atoms with Crippen LogP contribution >= 0.6 is 0 Å². The lowest BCUT2D eigenvalue weighted by atomic mass is 9.95. The molecular formula is C26H25FN6O. The summed E-state index contributed by atoms with van der Waals surface area (Å²) in [5.74, 6) is 0.448. The zero-order chi connectivity index (χ0) is 23.7. The molecule has 0 aliphatic heterocycles. The first kappa shape index (κ1) is 21.9. The highest BCUT2D eigenvalue weighted by molar-refractivity contribution is 6.06. The van der Waals surface area contributed by atoms with Gasteiger partial charge in [-0.25, -0.2) is 14.4 Å². The molecule has 1 aromatic carbocycles. The standard InChI is InChI=1S/C26H25FN6O/c1-15(18-5-6-20(27)24-19(26(34)28-2)8-10-30-25(18)24)13-31-23-12-22(32-14-33-23)17-7-9-29-21(11-17)16-3-4-16/h5-12,14-16H,3-4,13H2,1-2H3,(H,28,34)(H,31,32,33)/t15-/m1/s1. The second-order valence-electron chi connectivity index (χ2n) is 8.61. The van der Waals surface area contributed by atoms with E-state index in [-0.39, 0.29) is 22.8 Å². The number of halogens is 1. The molecule has 1 aliphatic rings. The Bertz CT molecular complexity index is 1370. The Balaban J connectivity index is 1.37. The number of carbonyl (C=O) groups is 1. The zero-order valence-corrected chi connectivity index (χ0v) is 19.0. The molecule has 1 atom stereocenters. The van der Waals surface area contributed by atoms with Crippen LogP contribution in [0.15, 0.2) is 55.1 Å². The van der Waals surface area contributed by atoms with Gasteiger partial charge in [0.25, 0.3) is 5.91 Å². The molecule has 3 aromatic heterocycles. The van der Waals surface area contributed by atoms with E-state index in [2.05, 4.69) is 36.6 Å². The van der Waals surface area contributed by atoms with E-state index in [1.54, 1.807) is 12.4 Å². The normalized spacial score (nSPS) is 14.1. The average molecular weight is 457 g/mol. The fourth-order valence-electron chi connectivity index (χ4n) is 4.16. The number of anilines is 1. The molecule has 8 heteroatoms. The smallest absolute Gasteiger partial charge is 0.251 e. The van der Waals surface area contributed by atoms with E-state index in [4.69, 9.17) is 0 Å². The molecule has 0 unspecified atom stereocenters. The molecule has 2 N–H and O–H groups in total. The molecular weight excluding hydrogens is 431 g/mol. The summed E-state index contributed by atoms with van der Waals surface area (Å²) in [6, 6.07) is 10.6. The first-order valence-corrected chi connectivity index (χ1v) is 11.4. The van der Waals surface area contributed by atoms with Crippen LogP contribution in [0.5, 0.6) is 0 Å². The molecule has 172 valence electrons. The summed E-state index contributed by atoms with van der Waals surface area (Å²) < 4.78 is 14.7. The van der Waals surface area contributed by atoms with Gasteiger partial charge in [-0.05, 0) is 42.7 Å². The third-order valence-electron chi connectivity index (χ3n) is 6.20. The van der Waals surface area contributed by atoms with Crippen LogP contribution in [0.25, 0.3) is 22.2 Å². The number of nitrogens with zero attached hydrogens (tertiary/aromatic N) is 4. The van der Waals surface area contributed by atoms with Gasteiger partial charge in [0.05, 0.1) is 16.8 Å². The van der Waals surface area contributed by atoms with Gasteiger partial charge in [0.1, 0.15) is 18.0 Å². The van der Waals surface area contributed by atoms with Crippen LogP contribution < -0.4 is 10.6 Å². The van der Waals surface area contributed by atoms with Crippen molar-refractivity contribution >= 4 is 22.6 Å². The molecule has 0 bridgehead atoms. The van der Waals surface area contributed by atoms with E-state index in [0.29, 0.717) is 23.8 Å². The second kappa shape index (κ2) is 9.13. The van der Waals surface area contributed by atoms with Gasteiger partial charge < -0.3 is 10.6 Å². The number of fused-ring (bicyclic) bond motifs is 1. The molecule has 5 rings (SSSR count). The first-order chi connectivity index (χ1) is 16.5. The molecule has 1 amide bonds. The van der Waals surface area contributed by atoms with Gasteiger partial charge in [0.15, 0.2) is 0 Å². The maximum Gasteiger partial charge on any atom is 0.251 e. The van der Waals surface area contributed by atoms with Crippen molar-refractivity contribution in [3.05, 3.63) is 77.8 Å². The van der Waals surface area contributed by atoms with Crippen LogP contribution in [0.2, 0.25) is 0 Å². The molecule has 7 nitrogen and oxygen atoms in total. The van der Waals surface area contributed by atoms with Crippen molar-refractivity contribution in [3.8, 4) is 11.3 Å². The predicted octanol–water partition coefficient (Wildman–Crippen LogP) is 4.68. The second-order valence-corrected chi connectivity index (χ2v) is 8.61. The maximum atomic E-state index is 14.7. The van der Waals surface area contributed by atoms with Gasteiger partial charge in [0.2, 0.25) is 0 Å². The molecule has 1 aliphatic carbocycles. The minimum absolute atomic E-state index is 0.0173. The lowest BCUT2D eigenvalue weighted by Gasteiger charge is -2.17. The number of nitrogens with one attached hydrogen (secondary N) is 2. The van der Waals surface area contributed by atoms with Crippen molar-refractivity contribution < 1.29 is 9.18 Å². The summed E-state index contributed by atoms with van der Waals surface area (Å²) in [7, 11) is 1.53. The van der Waals surface area contributed by atoms with E-state index in [1.807, 2.05) is 25.3 Å². The molecule has 0 radical (unpaired) electrons. The minimum Gasteiger partial charge on any atom is -0.369 e. The van der Waals surface area contributed by atoms with Crippen molar-refractivity contribution in [3.63, 3.8) is 0 Å². The van der Waals surface area contributed by atoms with E-state index in [1.165, 1.54) is 38.2 Å². The summed E-state index contributed by atoms with van der Waals surface area (Å²) in [5.41, 5.74) is 4.58. The SMILES string of the molecule is CNC(=O)c1ccnc2c([C@H](C)CNc3cc(-c4ccnc(C5CC5)c4)ncn3)ccc(F)c12. The summed E-state index contributed by atoms with van der Waals surface area (Å²) in [6.45, 7) is 2.58. The van der Waals surface area contributed by atoms with Gasteiger partial charge in [-0.2, -0.15) is 0 Å². The quantitative estimate of drug-likeness (QED) is 0.420. The zero-order valence-electron chi connectivity index (χ0n) is 19.0. The van der Waals surface area contributed by atoms with Gasteiger partial charge in [0, 0.05) is 60.5 Å². The van der Waals surface area contributed by atoms with Crippen LogP contribution in [-0.4, -0.2) is 39.4 Å².